The van der Waals surface area contributed by atoms with E-state index in [1.54, 1.807) is 0 Å². The molecule has 4 heteroatoms. The zero-order chi connectivity index (χ0) is 18.1. The van der Waals surface area contributed by atoms with Crippen molar-refractivity contribution in [2.75, 3.05) is 31.1 Å². The van der Waals surface area contributed by atoms with E-state index in [1.165, 1.54) is 27.4 Å². The minimum absolute atomic E-state index is 0.332. The van der Waals surface area contributed by atoms with Gasteiger partial charge in [-0.3, -0.25) is 0 Å². The molecule has 2 heterocycles. The van der Waals surface area contributed by atoms with Crippen molar-refractivity contribution in [3.05, 3.63) is 65.9 Å². The first-order valence-corrected chi connectivity index (χ1v) is 10.4. The Morgan fingerprint density at radius 1 is 1.04 bits per heavy atom. The number of hydrogen-bond acceptors (Lipinski definition) is 4. The summed E-state index contributed by atoms with van der Waals surface area (Å²) in [5, 5.41) is 0. The number of para-hydroxylation sites is 1. The molecule has 1 unspecified atom stereocenters. The van der Waals surface area contributed by atoms with Gasteiger partial charge in [0.05, 0.1) is 11.4 Å². The maximum absolute atomic E-state index is 2.58. The van der Waals surface area contributed by atoms with Crippen LogP contribution in [0.15, 0.2) is 59.6 Å². The van der Waals surface area contributed by atoms with E-state index in [9.17, 15) is 0 Å². The maximum atomic E-state index is 2.58. The van der Waals surface area contributed by atoms with Gasteiger partial charge in [0.2, 0.25) is 0 Å². The van der Waals surface area contributed by atoms with Crippen LogP contribution in [0.25, 0.3) is 5.70 Å². The number of likely N-dealkylation sites (N-methyl/N-ethyl adjacent to an activating group) is 1. The zero-order valence-electron chi connectivity index (χ0n) is 15.9. The predicted molar refractivity (Wildman–Crippen MR) is 112 cm³/mol. The monoisotopic (exact) mass is 365 g/mol. The van der Waals surface area contributed by atoms with Crippen LogP contribution in [-0.2, 0) is 0 Å². The molecule has 1 atom stereocenters. The Morgan fingerprint density at radius 3 is 2.62 bits per heavy atom. The molecule has 0 saturated heterocycles. The van der Waals surface area contributed by atoms with Crippen LogP contribution in [0.2, 0.25) is 0 Å². The molecular weight excluding hydrogens is 338 g/mol. The molecule has 2 aliphatic rings. The molecule has 136 valence electrons. The molecule has 2 aromatic carbocycles. The Bertz CT molecular complexity index is 813. The smallest absolute Gasteiger partial charge is 0.159 e. The molecule has 0 N–H and O–H groups in total. The second-order valence-corrected chi connectivity index (χ2v) is 8.02. The minimum atomic E-state index is 0.332. The van der Waals surface area contributed by atoms with E-state index in [-0.39, 0.29) is 0 Å². The van der Waals surface area contributed by atoms with Gasteiger partial charge in [0.25, 0.3) is 0 Å². The van der Waals surface area contributed by atoms with Crippen LogP contribution in [0.4, 0.5) is 5.69 Å². The maximum Gasteiger partial charge on any atom is 0.159 e. The van der Waals surface area contributed by atoms with Gasteiger partial charge < -0.3 is 14.7 Å². The molecule has 3 nitrogen and oxygen atoms in total. The van der Waals surface area contributed by atoms with Gasteiger partial charge in [-0.1, -0.05) is 61.5 Å². The van der Waals surface area contributed by atoms with Crippen molar-refractivity contribution in [1.82, 2.24) is 9.80 Å². The van der Waals surface area contributed by atoms with Crippen LogP contribution >= 0.6 is 11.8 Å². The zero-order valence-corrected chi connectivity index (χ0v) is 16.7. The summed E-state index contributed by atoms with van der Waals surface area (Å²) in [6, 6.07) is 17.6. The largest absolute Gasteiger partial charge is 0.339 e. The van der Waals surface area contributed by atoms with E-state index in [4.69, 9.17) is 0 Å². The van der Waals surface area contributed by atoms with Crippen molar-refractivity contribution in [3.8, 4) is 0 Å². The molecule has 0 saturated carbocycles. The predicted octanol–water partition coefficient (Wildman–Crippen LogP) is 4.85. The number of anilines is 1. The molecule has 26 heavy (non-hydrogen) atoms. The highest BCUT2D eigenvalue weighted by atomic mass is 32.2. The lowest BCUT2D eigenvalue weighted by Crippen LogP contribution is -2.39. The molecule has 0 spiro atoms. The van der Waals surface area contributed by atoms with Gasteiger partial charge in [0, 0.05) is 24.2 Å². The van der Waals surface area contributed by atoms with Crippen LogP contribution in [0, 0.1) is 6.92 Å². The van der Waals surface area contributed by atoms with E-state index < -0.39 is 0 Å². The summed E-state index contributed by atoms with van der Waals surface area (Å²) in [5.74, 6) is 0. The lowest BCUT2D eigenvalue weighted by atomic mass is 10.1. The van der Waals surface area contributed by atoms with Crippen molar-refractivity contribution in [2.45, 2.75) is 31.2 Å². The van der Waals surface area contributed by atoms with Crippen LogP contribution in [-0.4, -0.2) is 41.5 Å². The summed E-state index contributed by atoms with van der Waals surface area (Å²) in [6.07, 6.45) is 2.35. The summed E-state index contributed by atoms with van der Waals surface area (Å²) < 4.78 is 0. The van der Waals surface area contributed by atoms with Gasteiger partial charge in [-0.25, -0.2) is 0 Å². The third-order valence-electron chi connectivity index (χ3n) is 5.32. The number of hydrogen-bond donors (Lipinski definition) is 0. The normalized spacial score (nSPS) is 18.3. The van der Waals surface area contributed by atoms with Gasteiger partial charge in [-0.05, 0) is 43.8 Å². The highest BCUT2D eigenvalue weighted by molar-refractivity contribution is 8.00. The van der Waals surface area contributed by atoms with Gasteiger partial charge in [0.1, 0.15) is 0 Å². The molecule has 4 rings (SSSR count). The Kier molecular flexibility index (Phi) is 4.96. The highest BCUT2D eigenvalue weighted by Crippen LogP contribution is 2.50. The van der Waals surface area contributed by atoms with Crippen LogP contribution in [0.3, 0.4) is 0 Å². The summed E-state index contributed by atoms with van der Waals surface area (Å²) in [5.41, 5.74) is 5.63. The Balaban J connectivity index is 1.67. The van der Waals surface area contributed by atoms with Crippen molar-refractivity contribution in [3.63, 3.8) is 0 Å². The number of fused-ring (bicyclic) bond motifs is 3. The van der Waals surface area contributed by atoms with Crippen LogP contribution in [0.1, 0.15) is 25.0 Å². The first-order chi connectivity index (χ1) is 12.7. The SMILES string of the molecule is CCN(CC)CCN1C(c2cccc(C)c2)=CN2c3ccccc3SC12. The topological polar surface area (TPSA) is 9.72 Å². The molecule has 0 aromatic heterocycles. The average Bonchev–Trinajstić information content (AvgIpc) is 3.19. The molecule has 2 aromatic rings. The van der Waals surface area contributed by atoms with Gasteiger partial charge in [-0.15, -0.1) is 0 Å². The first kappa shape index (κ1) is 17.5. The van der Waals surface area contributed by atoms with E-state index in [2.05, 4.69) is 90.2 Å². The lowest BCUT2D eigenvalue weighted by Gasteiger charge is -2.31. The fourth-order valence-corrected chi connectivity index (χ4v) is 5.11. The number of nitrogens with zero attached hydrogens (tertiary/aromatic N) is 3. The quantitative estimate of drug-likeness (QED) is 0.724. The fraction of sp³-hybridized carbons (Fsp3) is 0.364. The van der Waals surface area contributed by atoms with Crippen molar-refractivity contribution >= 4 is 23.1 Å². The summed E-state index contributed by atoms with van der Waals surface area (Å²) in [4.78, 5) is 8.91. The lowest BCUT2D eigenvalue weighted by molar-refractivity contribution is 0.262. The third-order valence-corrected chi connectivity index (χ3v) is 6.61. The second kappa shape index (κ2) is 7.37. The average molecular weight is 366 g/mol. The van der Waals surface area contributed by atoms with Gasteiger partial charge in [-0.2, -0.15) is 0 Å². The fourth-order valence-electron chi connectivity index (χ4n) is 3.80. The van der Waals surface area contributed by atoms with E-state index in [1.807, 2.05) is 11.8 Å². The molecular formula is C22H27N3S. The number of benzene rings is 2. The number of rotatable bonds is 6. The second-order valence-electron chi connectivity index (χ2n) is 6.92. The Hall–Kier alpha value is -1.91. The standard InChI is InChI=1S/C22H27N3S/c1-4-23(5-2)13-14-24-20(18-10-8-9-17(3)15-18)16-25-19-11-6-7-12-21(19)26-22(24)25/h6-12,15-16,22H,4-5,13-14H2,1-3H3. The number of thioether (sulfide) groups is 1. The van der Waals surface area contributed by atoms with E-state index >= 15 is 0 Å². The molecule has 0 amide bonds. The van der Waals surface area contributed by atoms with Crippen LogP contribution < -0.4 is 4.90 Å². The Labute approximate surface area is 161 Å². The summed E-state index contributed by atoms with van der Waals surface area (Å²) in [7, 11) is 0. The summed E-state index contributed by atoms with van der Waals surface area (Å²) in [6.45, 7) is 11.0. The van der Waals surface area contributed by atoms with Gasteiger partial charge >= 0.3 is 0 Å². The molecule has 0 radical (unpaired) electrons. The minimum Gasteiger partial charge on any atom is -0.339 e. The summed E-state index contributed by atoms with van der Waals surface area (Å²) >= 11 is 1.97. The molecule has 0 bridgehead atoms. The van der Waals surface area contributed by atoms with E-state index in [0.29, 0.717) is 5.50 Å². The first-order valence-electron chi connectivity index (χ1n) is 9.53. The Morgan fingerprint density at radius 2 is 1.85 bits per heavy atom. The number of aryl methyl sites for hydroxylation is 1. The molecule has 0 fully saturated rings. The van der Waals surface area contributed by atoms with Crippen molar-refractivity contribution in [1.29, 1.82) is 0 Å². The van der Waals surface area contributed by atoms with E-state index in [0.717, 1.165) is 26.2 Å². The third kappa shape index (κ3) is 3.12. The molecule has 0 aliphatic carbocycles. The van der Waals surface area contributed by atoms with Crippen molar-refractivity contribution in [2.24, 2.45) is 0 Å². The molecule has 2 aliphatic heterocycles. The van der Waals surface area contributed by atoms with Crippen molar-refractivity contribution < 1.29 is 0 Å². The highest BCUT2D eigenvalue weighted by Gasteiger charge is 2.39. The van der Waals surface area contributed by atoms with Gasteiger partial charge in [0.15, 0.2) is 5.50 Å². The van der Waals surface area contributed by atoms with Crippen LogP contribution in [0.5, 0.6) is 0 Å².